The highest BCUT2D eigenvalue weighted by molar-refractivity contribution is 7.89. The van der Waals surface area contributed by atoms with Gasteiger partial charge in [0.25, 0.3) is 5.91 Å². The Balaban J connectivity index is 1.69. The number of hydrogen-bond donors (Lipinski definition) is 0. The number of carbonyl (C=O) groups excluding carboxylic acids is 3. The maximum Gasteiger partial charge on any atom is 0.338 e. The smallest absolute Gasteiger partial charge is 0.338 e. The molecule has 11 heteroatoms. The molecule has 37 heavy (non-hydrogen) atoms. The normalized spacial score (nSPS) is 15.9. The Morgan fingerprint density at radius 3 is 2.08 bits per heavy atom. The molecule has 1 saturated heterocycles. The third-order valence-corrected chi connectivity index (χ3v) is 7.65. The van der Waals surface area contributed by atoms with Crippen LogP contribution in [0.15, 0.2) is 77.7 Å². The number of carbonyl (C=O) groups is 3. The van der Waals surface area contributed by atoms with Crippen LogP contribution in [-0.2, 0) is 30.9 Å². The molecule has 0 bridgehead atoms. The van der Waals surface area contributed by atoms with Crippen molar-refractivity contribution in [2.45, 2.75) is 30.8 Å². The Kier molecular flexibility index (Phi) is 7.46. The fraction of sp³-hybridized carbons (Fsp3) is 0.192. The summed E-state index contributed by atoms with van der Waals surface area (Å²) in [7, 11) is -4.38. The molecule has 4 rings (SSSR count). The van der Waals surface area contributed by atoms with Crippen molar-refractivity contribution in [1.82, 2.24) is 4.31 Å². The van der Waals surface area contributed by atoms with Crippen LogP contribution in [0.3, 0.4) is 0 Å². The van der Waals surface area contributed by atoms with Gasteiger partial charge in [0.05, 0.1) is 29.2 Å². The predicted molar refractivity (Wildman–Crippen MR) is 129 cm³/mol. The fourth-order valence-electron chi connectivity index (χ4n) is 3.95. The minimum absolute atomic E-state index is 0.159. The summed E-state index contributed by atoms with van der Waals surface area (Å²) in [6.07, 6.45) is -0.444. The predicted octanol–water partition coefficient (Wildman–Crippen LogP) is 3.66. The molecule has 0 N–H and O–H groups in total. The van der Waals surface area contributed by atoms with Crippen LogP contribution in [0.1, 0.15) is 29.3 Å². The van der Waals surface area contributed by atoms with Crippen LogP contribution in [0.5, 0.6) is 0 Å². The van der Waals surface area contributed by atoms with Crippen LogP contribution in [0.25, 0.3) is 0 Å². The lowest BCUT2D eigenvalue weighted by molar-refractivity contribution is -0.122. The van der Waals surface area contributed by atoms with E-state index in [4.69, 9.17) is 4.74 Å². The maximum absolute atomic E-state index is 13.6. The van der Waals surface area contributed by atoms with E-state index in [-0.39, 0.29) is 29.3 Å². The van der Waals surface area contributed by atoms with Crippen molar-refractivity contribution in [1.29, 1.82) is 0 Å². The summed E-state index contributed by atoms with van der Waals surface area (Å²) in [5.41, 5.74) is 0.758. The standard InChI is InChI=1S/C26H22F2N2O6S/c1-2-36-26(33)18-5-11-21(12-6-18)30-24(31)15-23(25(30)32)29(16-17-3-7-19(27)8-4-17)37(34,35)22-13-9-20(28)10-14-22/h3-14,23H,2,15-16H2,1H3. The number of rotatable bonds is 8. The van der Waals surface area contributed by atoms with Gasteiger partial charge in [-0.3, -0.25) is 9.59 Å². The Bertz CT molecular complexity index is 1430. The zero-order valence-corrected chi connectivity index (χ0v) is 20.5. The van der Waals surface area contributed by atoms with E-state index >= 15 is 0 Å². The van der Waals surface area contributed by atoms with Crippen LogP contribution in [-0.4, -0.2) is 43.2 Å². The summed E-state index contributed by atoms with van der Waals surface area (Å²) < 4.78 is 59.8. The fourth-order valence-corrected chi connectivity index (χ4v) is 5.52. The van der Waals surface area contributed by atoms with Crippen molar-refractivity contribution < 1.29 is 36.3 Å². The average molecular weight is 529 g/mol. The number of benzene rings is 3. The molecule has 3 aromatic carbocycles. The molecule has 1 unspecified atom stereocenters. The van der Waals surface area contributed by atoms with Crippen LogP contribution in [0.4, 0.5) is 14.5 Å². The first-order valence-electron chi connectivity index (χ1n) is 11.3. The molecule has 8 nitrogen and oxygen atoms in total. The summed E-state index contributed by atoms with van der Waals surface area (Å²) in [6.45, 7) is 1.50. The topological polar surface area (TPSA) is 101 Å². The third-order valence-electron chi connectivity index (χ3n) is 5.78. The lowest BCUT2D eigenvalue weighted by Gasteiger charge is -2.27. The van der Waals surface area contributed by atoms with E-state index in [0.29, 0.717) is 5.56 Å². The van der Waals surface area contributed by atoms with Crippen LogP contribution >= 0.6 is 0 Å². The highest BCUT2D eigenvalue weighted by Gasteiger charge is 2.47. The summed E-state index contributed by atoms with van der Waals surface area (Å²) in [5.74, 6) is -3.17. The number of ether oxygens (including phenoxy) is 1. The second kappa shape index (κ2) is 10.6. The molecule has 0 saturated carbocycles. The van der Waals surface area contributed by atoms with Gasteiger partial charge in [0.2, 0.25) is 15.9 Å². The number of anilines is 1. The lowest BCUT2D eigenvalue weighted by atomic mass is 10.2. The van der Waals surface area contributed by atoms with Crippen molar-refractivity contribution in [2.75, 3.05) is 11.5 Å². The van der Waals surface area contributed by atoms with E-state index in [1.807, 2.05) is 0 Å². The van der Waals surface area contributed by atoms with Crippen molar-refractivity contribution in [3.8, 4) is 0 Å². The van der Waals surface area contributed by atoms with Gasteiger partial charge in [-0.2, -0.15) is 4.31 Å². The second-order valence-electron chi connectivity index (χ2n) is 8.19. The van der Waals surface area contributed by atoms with E-state index < -0.39 is 51.9 Å². The molecular formula is C26H22F2N2O6S. The number of hydrogen-bond acceptors (Lipinski definition) is 6. The highest BCUT2D eigenvalue weighted by atomic mass is 32.2. The van der Waals surface area contributed by atoms with Gasteiger partial charge in [0.1, 0.15) is 17.7 Å². The number of sulfonamides is 1. The van der Waals surface area contributed by atoms with E-state index in [9.17, 15) is 31.6 Å². The summed E-state index contributed by atoms with van der Waals surface area (Å²) in [6, 6.07) is 13.3. The van der Waals surface area contributed by atoms with Crippen LogP contribution in [0, 0.1) is 11.6 Å². The first-order valence-corrected chi connectivity index (χ1v) is 12.7. The Morgan fingerprint density at radius 2 is 1.51 bits per heavy atom. The van der Waals surface area contributed by atoms with E-state index in [2.05, 4.69) is 0 Å². The lowest BCUT2D eigenvalue weighted by Crippen LogP contribution is -2.45. The van der Waals surface area contributed by atoms with Gasteiger partial charge in [-0.15, -0.1) is 0 Å². The van der Waals surface area contributed by atoms with Gasteiger partial charge in [-0.1, -0.05) is 12.1 Å². The van der Waals surface area contributed by atoms with Gasteiger partial charge >= 0.3 is 5.97 Å². The Morgan fingerprint density at radius 1 is 0.946 bits per heavy atom. The van der Waals surface area contributed by atoms with Crippen molar-refractivity contribution >= 4 is 33.5 Å². The molecule has 1 fully saturated rings. The summed E-state index contributed by atoms with van der Waals surface area (Å²) >= 11 is 0. The van der Waals surface area contributed by atoms with E-state index in [1.165, 1.54) is 36.4 Å². The SMILES string of the molecule is CCOC(=O)c1ccc(N2C(=O)CC(N(Cc3ccc(F)cc3)S(=O)(=O)c3ccc(F)cc3)C2=O)cc1. The molecule has 192 valence electrons. The maximum atomic E-state index is 13.6. The summed E-state index contributed by atoms with van der Waals surface area (Å²) in [5, 5.41) is 0. The van der Waals surface area contributed by atoms with Crippen molar-refractivity contribution in [2.24, 2.45) is 0 Å². The van der Waals surface area contributed by atoms with Gasteiger partial charge in [-0.25, -0.2) is 26.9 Å². The van der Waals surface area contributed by atoms with Crippen LogP contribution in [0.2, 0.25) is 0 Å². The monoisotopic (exact) mass is 528 g/mol. The Hall–Kier alpha value is -3.96. The molecule has 3 aromatic rings. The number of nitrogens with zero attached hydrogens (tertiary/aromatic N) is 2. The minimum atomic E-state index is -4.38. The largest absolute Gasteiger partial charge is 0.462 e. The number of amides is 2. The number of imide groups is 1. The second-order valence-corrected chi connectivity index (χ2v) is 10.1. The highest BCUT2D eigenvalue weighted by Crippen LogP contribution is 2.31. The molecule has 1 aliphatic rings. The Labute approximate surface area is 212 Å². The quantitative estimate of drug-likeness (QED) is 0.327. The molecule has 1 aliphatic heterocycles. The van der Waals surface area contributed by atoms with E-state index in [1.54, 1.807) is 6.92 Å². The number of esters is 1. The number of halogens is 2. The van der Waals surface area contributed by atoms with Gasteiger partial charge in [0, 0.05) is 6.54 Å². The molecule has 0 aliphatic carbocycles. The van der Waals surface area contributed by atoms with Crippen molar-refractivity contribution in [3.05, 3.63) is 95.6 Å². The van der Waals surface area contributed by atoms with Crippen LogP contribution < -0.4 is 4.90 Å². The van der Waals surface area contributed by atoms with E-state index in [0.717, 1.165) is 45.6 Å². The molecular weight excluding hydrogens is 506 g/mol. The molecule has 1 atom stereocenters. The molecule has 2 amide bonds. The van der Waals surface area contributed by atoms with Crippen molar-refractivity contribution in [3.63, 3.8) is 0 Å². The zero-order chi connectivity index (χ0) is 26.7. The van der Waals surface area contributed by atoms with Gasteiger partial charge in [0.15, 0.2) is 0 Å². The van der Waals surface area contributed by atoms with Gasteiger partial charge in [-0.05, 0) is 73.2 Å². The molecule has 0 aromatic heterocycles. The molecule has 0 spiro atoms. The third kappa shape index (κ3) is 5.42. The first kappa shape index (κ1) is 26.1. The summed E-state index contributed by atoms with van der Waals surface area (Å²) in [4.78, 5) is 38.9. The molecule has 1 heterocycles. The first-order chi connectivity index (χ1) is 17.6. The minimum Gasteiger partial charge on any atom is -0.462 e. The van der Waals surface area contributed by atoms with Gasteiger partial charge < -0.3 is 4.74 Å². The molecule has 0 radical (unpaired) electrons. The average Bonchev–Trinajstić information content (AvgIpc) is 3.17. The zero-order valence-electron chi connectivity index (χ0n) is 19.6.